The summed E-state index contributed by atoms with van der Waals surface area (Å²) in [6, 6.07) is 17.5. The first-order valence-electron chi connectivity index (χ1n) is 8.15. The third-order valence-corrected chi connectivity index (χ3v) is 3.68. The minimum absolute atomic E-state index is 0.288. The van der Waals surface area contributed by atoms with Crippen LogP contribution < -0.4 is 0 Å². The van der Waals surface area contributed by atoms with Crippen LogP contribution in [0, 0.1) is 0 Å². The fraction of sp³-hybridized carbons (Fsp3) is 0.316. The van der Waals surface area contributed by atoms with Gasteiger partial charge in [0, 0.05) is 11.5 Å². The van der Waals surface area contributed by atoms with Gasteiger partial charge in [0.15, 0.2) is 0 Å². The van der Waals surface area contributed by atoms with Crippen molar-refractivity contribution < 1.29 is 9.53 Å². The van der Waals surface area contributed by atoms with E-state index in [1.807, 2.05) is 42.5 Å². The van der Waals surface area contributed by atoms with Gasteiger partial charge in [-0.2, -0.15) is 0 Å². The molecular weight excluding hydrogens is 302 g/mol. The summed E-state index contributed by atoms with van der Waals surface area (Å²) in [4.78, 5) is 14.7. The molecule has 24 heavy (non-hydrogen) atoms. The summed E-state index contributed by atoms with van der Waals surface area (Å²) in [5.41, 5.74) is 10.9. The van der Waals surface area contributed by atoms with Crippen molar-refractivity contribution in [2.75, 3.05) is 13.2 Å². The summed E-state index contributed by atoms with van der Waals surface area (Å²) >= 11 is 0. The van der Waals surface area contributed by atoms with Crippen LogP contribution in [0.5, 0.6) is 0 Å². The molecule has 124 valence electrons. The van der Waals surface area contributed by atoms with Crippen molar-refractivity contribution in [3.63, 3.8) is 0 Å². The molecule has 0 saturated carbocycles. The van der Waals surface area contributed by atoms with Crippen LogP contribution in [-0.2, 0) is 4.74 Å². The van der Waals surface area contributed by atoms with Crippen molar-refractivity contribution in [2.24, 2.45) is 5.11 Å². The zero-order chi connectivity index (χ0) is 17.0. The van der Waals surface area contributed by atoms with Crippen LogP contribution in [0.15, 0.2) is 59.7 Å². The van der Waals surface area contributed by atoms with Gasteiger partial charge in [-0.3, -0.25) is 0 Å². The van der Waals surface area contributed by atoms with E-state index in [9.17, 15) is 4.79 Å². The molecule has 5 heteroatoms. The van der Waals surface area contributed by atoms with Crippen LogP contribution in [0.4, 0.5) is 0 Å². The topological polar surface area (TPSA) is 75.1 Å². The SMILES string of the molecule is [N-]=[N+]=NCCCCCCOC(=O)c1ccc(-c2ccccc2)cc1. The zero-order valence-corrected chi connectivity index (χ0v) is 13.6. The largest absolute Gasteiger partial charge is 0.462 e. The molecule has 0 unspecified atom stereocenters. The van der Waals surface area contributed by atoms with Crippen molar-refractivity contribution in [2.45, 2.75) is 25.7 Å². The fourth-order valence-corrected chi connectivity index (χ4v) is 2.36. The standard InChI is InChI=1S/C19H21N3O2/c20-22-21-14-6-1-2-7-15-24-19(23)18-12-10-17(11-13-18)16-8-4-3-5-9-16/h3-5,8-13H,1-2,6-7,14-15H2. The Balaban J connectivity index is 1.72. The van der Waals surface area contributed by atoms with Gasteiger partial charge in [0.2, 0.25) is 0 Å². The molecule has 5 nitrogen and oxygen atoms in total. The Labute approximate surface area is 141 Å². The number of azide groups is 1. The Morgan fingerprint density at radius 3 is 2.29 bits per heavy atom. The van der Waals surface area contributed by atoms with Crippen LogP contribution in [-0.4, -0.2) is 19.1 Å². The number of ether oxygens (including phenoxy) is 1. The van der Waals surface area contributed by atoms with Crippen LogP contribution in [0.1, 0.15) is 36.0 Å². The number of unbranched alkanes of at least 4 members (excludes halogenated alkanes) is 3. The molecule has 0 spiro atoms. The third-order valence-electron chi connectivity index (χ3n) is 3.68. The summed E-state index contributed by atoms with van der Waals surface area (Å²) in [5.74, 6) is -0.288. The highest BCUT2D eigenvalue weighted by Gasteiger charge is 2.07. The molecule has 2 aromatic rings. The summed E-state index contributed by atoms with van der Waals surface area (Å²) in [7, 11) is 0. The Hall–Kier alpha value is -2.78. The minimum atomic E-state index is -0.288. The molecule has 0 radical (unpaired) electrons. The lowest BCUT2D eigenvalue weighted by Gasteiger charge is -2.06. The van der Waals surface area contributed by atoms with E-state index < -0.39 is 0 Å². The summed E-state index contributed by atoms with van der Waals surface area (Å²) < 4.78 is 5.28. The number of rotatable bonds is 9. The Bertz CT molecular complexity index is 678. The van der Waals surface area contributed by atoms with E-state index in [4.69, 9.17) is 10.3 Å². The van der Waals surface area contributed by atoms with E-state index in [2.05, 4.69) is 10.0 Å². The lowest BCUT2D eigenvalue weighted by molar-refractivity contribution is 0.0498. The summed E-state index contributed by atoms with van der Waals surface area (Å²) in [5, 5.41) is 3.48. The van der Waals surface area contributed by atoms with E-state index in [0.29, 0.717) is 18.7 Å². The Morgan fingerprint density at radius 1 is 0.917 bits per heavy atom. The van der Waals surface area contributed by atoms with Gasteiger partial charge in [0.1, 0.15) is 0 Å². The molecule has 0 heterocycles. The second-order valence-corrected chi connectivity index (χ2v) is 5.45. The maximum Gasteiger partial charge on any atom is 0.338 e. The zero-order valence-electron chi connectivity index (χ0n) is 13.6. The molecule has 0 bridgehead atoms. The van der Waals surface area contributed by atoms with Gasteiger partial charge in [0.05, 0.1) is 12.2 Å². The van der Waals surface area contributed by atoms with E-state index in [1.54, 1.807) is 12.1 Å². The second-order valence-electron chi connectivity index (χ2n) is 5.45. The van der Waals surface area contributed by atoms with Crippen LogP contribution in [0.25, 0.3) is 21.6 Å². The third kappa shape index (κ3) is 5.78. The monoisotopic (exact) mass is 323 g/mol. The van der Waals surface area contributed by atoms with E-state index in [1.165, 1.54) is 0 Å². The van der Waals surface area contributed by atoms with Gasteiger partial charge in [0.25, 0.3) is 0 Å². The molecule has 0 aliphatic rings. The van der Waals surface area contributed by atoms with Crippen molar-refractivity contribution >= 4 is 5.97 Å². The smallest absolute Gasteiger partial charge is 0.338 e. The van der Waals surface area contributed by atoms with Gasteiger partial charge in [-0.1, -0.05) is 60.4 Å². The minimum Gasteiger partial charge on any atom is -0.462 e. The van der Waals surface area contributed by atoms with Gasteiger partial charge >= 0.3 is 5.97 Å². The van der Waals surface area contributed by atoms with Crippen molar-refractivity contribution in [3.05, 3.63) is 70.6 Å². The number of hydrogen-bond donors (Lipinski definition) is 0. The molecule has 0 aliphatic carbocycles. The summed E-state index contributed by atoms with van der Waals surface area (Å²) in [6.45, 7) is 0.949. The lowest BCUT2D eigenvalue weighted by Crippen LogP contribution is -2.06. The first kappa shape index (κ1) is 17.6. The number of nitrogens with zero attached hydrogens (tertiary/aromatic N) is 3. The van der Waals surface area contributed by atoms with Crippen molar-refractivity contribution in [1.29, 1.82) is 0 Å². The Kier molecular flexibility index (Phi) is 7.38. The lowest BCUT2D eigenvalue weighted by atomic mass is 10.0. The predicted octanol–water partition coefficient (Wildman–Crippen LogP) is 5.38. The first-order chi connectivity index (χ1) is 11.8. The normalized spacial score (nSPS) is 10.0. The highest BCUT2D eigenvalue weighted by molar-refractivity contribution is 5.90. The number of benzene rings is 2. The molecule has 0 aromatic heterocycles. The highest BCUT2D eigenvalue weighted by atomic mass is 16.5. The van der Waals surface area contributed by atoms with Crippen LogP contribution >= 0.6 is 0 Å². The average molecular weight is 323 g/mol. The second kappa shape index (κ2) is 10.1. The first-order valence-corrected chi connectivity index (χ1v) is 8.15. The molecule has 2 aromatic carbocycles. The van der Waals surface area contributed by atoms with Gasteiger partial charge in [-0.25, -0.2) is 4.79 Å². The molecule has 0 amide bonds. The van der Waals surface area contributed by atoms with E-state index >= 15 is 0 Å². The Morgan fingerprint density at radius 2 is 1.58 bits per heavy atom. The quantitative estimate of drug-likeness (QED) is 0.204. The summed E-state index contributed by atoms with van der Waals surface area (Å²) in [6.07, 6.45) is 3.63. The molecule has 0 aliphatic heterocycles. The number of hydrogen-bond acceptors (Lipinski definition) is 3. The van der Waals surface area contributed by atoms with Crippen molar-refractivity contribution in [1.82, 2.24) is 0 Å². The average Bonchev–Trinajstić information content (AvgIpc) is 2.64. The molecular formula is C19H21N3O2. The van der Waals surface area contributed by atoms with Gasteiger partial charge < -0.3 is 4.74 Å². The number of esters is 1. The number of carbonyl (C=O) groups is 1. The predicted molar refractivity (Wildman–Crippen MR) is 94.6 cm³/mol. The number of carbonyl (C=O) groups excluding carboxylic acids is 1. The fourth-order valence-electron chi connectivity index (χ4n) is 2.36. The van der Waals surface area contributed by atoms with Gasteiger partial charge in [-0.05, 0) is 41.6 Å². The highest BCUT2D eigenvalue weighted by Crippen LogP contribution is 2.19. The van der Waals surface area contributed by atoms with E-state index in [-0.39, 0.29) is 5.97 Å². The maximum absolute atomic E-state index is 12.0. The van der Waals surface area contributed by atoms with E-state index in [0.717, 1.165) is 36.8 Å². The van der Waals surface area contributed by atoms with Crippen LogP contribution in [0.3, 0.4) is 0 Å². The van der Waals surface area contributed by atoms with Gasteiger partial charge in [-0.15, -0.1) is 0 Å². The molecule has 2 rings (SSSR count). The van der Waals surface area contributed by atoms with Crippen LogP contribution in [0.2, 0.25) is 0 Å². The molecule has 0 fully saturated rings. The van der Waals surface area contributed by atoms with Crippen molar-refractivity contribution in [3.8, 4) is 11.1 Å². The maximum atomic E-state index is 12.0. The molecule has 0 atom stereocenters. The molecule has 0 N–H and O–H groups in total. The molecule has 0 saturated heterocycles.